The van der Waals surface area contributed by atoms with Gasteiger partial charge in [0.1, 0.15) is 12.9 Å². The Morgan fingerprint density at radius 2 is 2.62 bits per heavy atom. The van der Waals surface area contributed by atoms with Crippen molar-refractivity contribution in [1.82, 2.24) is 0 Å². The smallest absolute Gasteiger partial charge is 0.164 e. The predicted octanol–water partition coefficient (Wildman–Crippen LogP) is 1.06. The van der Waals surface area contributed by atoms with Gasteiger partial charge < -0.3 is 9.47 Å². The van der Waals surface area contributed by atoms with Crippen LogP contribution in [0, 0.1) is 0 Å². The van der Waals surface area contributed by atoms with Crippen molar-refractivity contribution in [2.45, 2.75) is 0 Å². The normalized spacial score (nSPS) is 14.2. The zero-order valence-electron chi connectivity index (χ0n) is 4.59. The molecular formula is C6H8O2. The van der Waals surface area contributed by atoms with Crippen molar-refractivity contribution in [3.8, 4) is 0 Å². The van der Waals surface area contributed by atoms with Gasteiger partial charge in [0.05, 0.1) is 6.61 Å². The molecule has 1 aliphatic rings. The van der Waals surface area contributed by atoms with E-state index >= 15 is 0 Å². The Labute approximate surface area is 48.4 Å². The van der Waals surface area contributed by atoms with Crippen molar-refractivity contribution in [3.05, 3.63) is 24.7 Å². The minimum Gasteiger partial charge on any atom is -0.460 e. The van der Waals surface area contributed by atoms with Gasteiger partial charge in [-0.25, -0.2) is 0 Å². The molecule has 0 bridgehead atoms. The SMILES string of the molecule is C=CCOCC1=CO1. The van der Waals surface area contributed by atoms with Crippen LogP contribution in [0.15, 0.2) is 24.7 Å². The highest BCUT2D eigenvalue weighted by atomic mass is 16.6. The summed E-state index contributed by atoms with van der Waals surface area (Å²) in [5.74, 6) is 0.923. The maximum absolute atomic E-state index is 5.00. The number of hydrogen-bond donors (Lipinski definition) is 0. The zero-order valence-corrected chi connectivity index (χ0v) is 4.59. The number of ether oxygens (including phenoxy) is 2. The monoisotopic (exact) mass is 112 g/mol. The van der Waals surface area contributed by atoms with E-state index in [0.29, 0.717) is 13.2 Å². The van der Waals surface area contributed by atoms with Crippen LogP contribution >= 0.6 is 0 Å². The van der Waals surface area contributed by atoms with Crippen molar-refractivity contribution in [3.63, 3.8) is 0 Å². The first-order valence-electron chi connectivity index (χ1n) is 2.48. The summed E-state index contributed by atoms with van der Waals surface area (Å²) in [6.45, 7) is 4.68. The molecule has 0 N–H and O–H groups in total. The summed E-state index contributed by atoms with van der Waals surface area (Å²) in [5.41, 5.74) is 0. The average molecular weight is 112 g/mol. The first-order chi connectivity index (χ1) is 3.93. The van der Waals surface area contributed by atoms with Gasteiger partial charge >= 0.3 is 0 Å². The van der Waals surface area contributed by atoms with Gasteiger partial charge in [0.2, 0.25) is 0 Å². The zero-order chi connectivity index (χ0) is 5.82. The Kier molecular flexibility index (Phi) is 1.70. The molecular weight excluding hydrogens is 104 g/mol. The molecule has 1 aliphatic heterocycles. The molecule has 0 saturated carbocycles. The van der Waals surface area contributed by atoms with Crippen LogP contribution in [-0.4, -0.2) is 13.2 Å². The molecule has 0 aliphatic carbocycles. The van der Waals surface area contributed by atoms with E-state index in [1.54, 1.807) is 12.3 Å². The van der Waals surface area contributed by atoms with E-state index in [2.05, 4.69) is 11.3 Å². The van der Waals surface area contributed by atoms with Crippen LogP contribution in [-0.2, 0) is 9.47 Å². The molecule has 0 aromatic rings. The molecule has 0 saturated heterocycles. The van der Waals surface area contributed by atoms with Crippen LogP contribution in [0.1, 0.15) is 0 Å². The molecule has 0 aromatic heterocycles. The maximum atomic E-state index is 5.00. The van der Waals surface area contributed by atoms with Gasteiger partial charge in [0.15, 0.2) is 5.76 Å². The first kappa shape index (κ1) is 5.38. The fraction of sp³-hybridized carbons (Fsp3) is 0.333. The Bertz CT molecular complexity index is 116. The van der Waals surface area contributed by atoms with E-state index in [0.717, 1.165) is 5.76 Å². The van der Waals surface area contributed by atoms with Crippen molar-refractivity contribution in [1.29, 1.82) is 0 Å². The van der Waals surface area contributed by atoms with Crippen LogP contribution in [0.4, 0.5) is 0 Å². The third-order valence-corrected chi connectivity index (χ3v) is 0.765. The minimum atomic E-state index is 0.589. The summed E-state index contributed by atoms with van der Waals surface area (Å²) in [5, 5.41) is 0. The maximum Gasteiger partial charge on any atom is 0.164 e. The third kappa shape index (κ3) is 1.80. The average Bonchev–Trinajstić information content (AvgIpc) is 2.51. The molecule has 2 heteroatoms. The summed E-state index contributed by atoms with van der Waals surface area (Å²) in [4.78, 5) is 0. The topological polar surface area (TPSA) is 21.8 Å². The summed E-state index contributed by atoms with van der Waals surface area (Å²) in [6.07, 6.45) is 3.38. The molecule has 0 radical (unpaired) electrons. The Morgan fingerprint density at radius 1 is 1.88 bits per heavy atom. The number of rotatable bonds is 4. The van der Waals surface area contributed by atoms with Gasteiger partial charge in [-0.15, -0.1) is 6.58 Å². The van der Waals surface area contributed by atoms with Gasteiger partial charge in [-0.2, -0.15) is 0 Å². The van der Waals surface area contributed by atoms with Gasteiger partial charge in [-0.05, 0) is 0 Å². The molecule has 8 heavy (non-hydrogen) atoms. The largest absolute Gasteiger partial charge is 0.460 e. The quantitative estimate of drug-likeness (QED) is 0.400. The molecule has 0 amide bonds. The highest BCUT2D eigenvalue weighted by Gasteiger charge is 2.07. The van der Waals surface area contributed by atoms with E-state index in [9.17, 15) is 0 Å². The molecule has 0 atom stereocenters. The molecule has 0 fully saturated rings. The molecule has 0 unspecified atom stereocenters. The highest BCUT2D eigenvalue weighted by Crippen LogP contribution is 2.11. The summed E-state index contributed by atoms with van der Waals surface area (Å²) < 4.78 is 9.68. The van der Waals surface area contributed by atoms with Crippen molar-refractivity contribution in [2.24, 2.45) is 0 Å². The molecule has 0 spiro atoms. The van der Waals surface area contributed by atoms with Crippen LogP contribution in [0.5, 0.6) is 0 Å². The summed E-state index contributed by atoms with van der Waals surface area (Å²) >= 11 is 0. The molecule has 1 rings (SSSR count). The Balaban J connectivity index is 1.88. The van der Waals surface area contributed by atoms with E-state index in [1.807, 2.05) is 0 Å². The van der Waals surface area contributed by atoms with Crippen LogP contribution < -0.4 is 0 Å². The van der Waals surface area contributed by atoms with E-state index in [-0.39, 0.29) is 0 Å². The minimum absolute atomic E-state index is 0.589. The second-order valence-electron chi connectivity index (χ2n) is 1.51. The molecule has 1 heterocycles. The van der Waals surface area contributed by atoms with E-state index < -0.39 is 0 Å². The van der Waals surface area contributed by atoms with Gasteiger partial charge in [0.25, 0.3) is 0 Å². The fourth-order valence-electron chi connectivity index (χ4n) is 0.353. The molecule has 44 valence electrons. The van der Waals surface area contributed by atoms with E-state index in [1.165, 1.54) is 0 Å². The van der Waals surface area contributed by atoms with Gasteiger partial charge in [-0.1, -0.05) is 6.08 Å². The number of hydrogen-bond acceptors (Lipinski definition) is 2. The second-order valence-corrected chi connectivity index (χ2v) is 1.51. The Hall–Kier alpha value is -0.760. The lowest BCUT2D eigenvalue weighted by molar-refractivity contribution is 0.173. The van der Waals surface area contributed by atoms with E-state index in [4.69, 9.17) is 4.74 Å². The van der Waals surface area contributed by atoms with Crippen molar-refractivity contribution in [2.75, 3.05) is 13.2 Å². The Morgan fingerprint density at radius 3 is 3.12 bits per heavy atom. The standard InChI is InChI=1S/C6H8O2/c1-2-3-7-4-6-5-8-6/h2,5H,1,3-4H2. The third-order valence-electron chi connectivity index (χ3n) is 0.765. The van der Waals surface area contributed by atoms with Crippen LogP contribution in [0.25, 0.3) is 0 Å². The summed E-state index contributed by atoms with van der Waals surface area (Å²) in [6, 6.07) is 0. The first-order valence-corrected chi connectivity index (χ1v) is 2.48. The highest BCUT2D eigenvalue weighted by molar-refractivity contribution is 5.02. The lowest BCUT2D eigenvalue weighted by atomic mass is 10.6. The van der Waals surface area contributed by atoms with Gasteiger partial charge in [0, 0.05) is 0 Å². The van der Waals surface area contributed by atoms with Crippen molar-refractivity contribution >= 4 is 0 Å². The lowest BCUT2D eigenvalue weighted by Gasteiger charge is -1.90. The lowest BCUT2D eigenvalue weighted by Crippen LogP contribution is -1.90. The summed E-state index contributed by atoms with van der Waals surface area (Å²) in [7, 11) is 0. The van der Waals surface area contributed by atoms with Gasteiger partial charge in [-0.3, -0.25) is 0 Å². The second kappa shape index (κ2) is 2.52. The molecule has 0 aromatic carbocycles. The molecule has 2 nitrogen and oxygen atoms in total. The van der Waals surface area contributed by atoms with Crippen molar-refractivity contribution < 1.29 is 9.47 Å². The fourth-order valence-corrected chi connectivity index (χ4v) is 0.353. The predicted molar refractivity (Wildman–Crippen MR) is 30.2 cm³/mol. The van der Waals surface area contributed by atoms with Crippen LogP contribution in [0.2, 0.25) is 0 Å². The van der Waals surface area contributed by atoms with Crippen LogP contribution in [0.3, 0.4) is 0 Å².